The summed E-state index contributed by atoms with van der Waals surface area (Å²) in [6.07, 6.45) is 4.24. The van der Waals surface area contributed by atoms with E-state index in [0.29, 0.717) is 13.0 Å². The van der Waals surface area contributed by atoms with Gasteiger partial charge in [-0.15, -0.1) is 0 Å². The highest BCUT2D eigenvalue weighted by atomic mass is 16.7. The van der Waals surface area contributed by atoms with Crippen LogP contribution in [0.25, 0.3) is 6.08 Å². The van der Waals surface area contributed by atoms with E-state index < -0.39 is 6.04 Å². The third kappa shape index (κ3) is 4.43. The molecule has 6 heteroatoms. The topological polar surface area (TPSA) is 67.9 Å². The molecule has 24 heavy (non-hydrogen) atoms. The van der Waals surface area contributed by atoms with Gasteiger partial charge in [0.15, 0.2) is 0 Å². The van der Waals surface area contributed by atoms with E-state index in [1.807, 2.05) is 42.5 Å². The standard InChI is InChI=1S/C18H24N2O4/c1-4-24-18(22)16-12-14(17(21)20(2)23-3)15(19-16)11-10-13-8-6-5-7-9-13/h5-11,14-16,19H,4,12H2,1-3H3/b11-10+/t14-,15-,16-/m1/s1. The fourth-order valence-corrected chi connectivity index (χ4v) is 2.77. The molecule has 0 unspecified atom stereocenters. The molecular weight excluding hydrogens is 308 g/mol. The molecule has 1 aromatic rings. The molecule has 0 aliphatic carbocycles. The van der Waals surface area contributed by atoms with E-state index in [1.54, 1.807) is 14.0 Å². The van der Waals surface area contributed by atoms with E-state index in [-0.39, 0.29) is 23.8 Å². The SMILES string of the molecule is CCOC(=O)[C@H]1C[C@@H](C(=O)N(C)OC)[C@@H](/C=C/c2ccccc2)N1. The number of benzene rings is 1. The Morgan fingerprint density at radius 2 is 2.04 bits per heavy atom. The van der Waals surface area contributed by atoms with Crippen molar-refractivity contribution >= 4 is 18.0 Å². The summed E-state index contributed by atoms with van der Waals surface area (Å²) in [5.74, 6) is -0.880. The van der Waals surface area contributed by atoms with Gasteiger partial charge in [-0.05, 0) is 18.9 Å². The Balaban J connectivity index is 2.15. The van der Waals surface area contributed by atoms with E-state index in [9.17, 15) is 9.59 Å². The summed E-state index contributed by atoms with van der Waals surface area (Å²) in [5.41, 5.74) is 1.03. The van der Waals surface area contributed by atoms with Gasteiger partial charge in [-0.1, -0.05) is 42.5 Å². The monoisotopic (exact) mass is 332 g/mol. The van der Waals surface area contributed by atoms with Crippen molar-refractivity contribution in [1.82, 2.24) is 10.4 Å². The van der Waals surface area contributed by atoms with Crippen molar-refractivity contribution in [2.75, 3.05) is 20.8 Å². The number of rotatable bonds is 6. The number of carbonyl (C=O) groups is 2. The van der Waals surface area contributed by atoms with Crippen molar-refractivity contribution in [3.63, 3.8) is 0 Å². The Kier molecular flexibility index (Phi) is 6.52. The zero-order valence-electron chi connectivity index (χ0n) is 14.3. The number of ether oxygens (including phenoxy) is 1. The second kappa shape index (κ2) is 8.61. The summed E-state index contributed by atoms with van der Waals surface area (Å²) >= 11 is 0. The number of nitrogens with one attached hydrogen (secondary N) is 1. The number of carbonyl (C=O) groups excluding carboxylic acids is 2. The van der Waals surface area contributed by atoms with E-state index in [0.717, 1.165) is 5.56 Å². The van der Waals surface area contributed by atoms with Crippen LogP contribution < -0.4 is 5.32 Å². The van der Waals surface area contributed by atoms with Crippen LogP contribution in [0, 0.1) is 5.92 Å². The van der Waals surface area contributed by atoms with Crippen LogP contribution in [0.1, 0.15) is 18.9 Å². The van der Waals surface area contributed by atoms with Gasteiger partial charge in [0.25, 0.3) is 5.91 Å². The molecule has 1 aromatic carbocycles. The molecule has 1 fully saturated rings. The van der Waals surface area contributed by atoms with Crippen molar-refractivity contribution < 1.29 is 19.2 Å². The highest BCUT2D eigenvalue weighted by Gasteiger charge is 2.41. The quantitative estimate of drug-likeness (QED) is 0.633. The predicted octanol–water partition coefficient (Wildman–Crippen LogP) is 1.63. The van der Waals surface area contributed by atoms with Crippen LogP contribution in [-0.4, -0.2) is 49.8 Å². The molecule has 0 radical (unpaired) electrons. The Morgan fingerprint density at radius 1 is 1.33 bits per heavy atom. The molecule has 1 aliphatic rings. The molecule has 1 heterocycles. The smallest absolute Gasteiger partial charge is 0.323 e. The van der Waals surface area contributed by atoms with E-state index in [4.69, 9.17) is 9.57 Å². The van der Waals surface area contributed by atoms with E-state index in [2.05, 4.69) is 5.32 Å². The number of amides is 1. The van der Waals surface area contributed by atoms with Crippen LogP contribution in [-0.2, 0) is 19.2 Å². The van der Waals surface area contributed by atoms with Gasteiger partial charge < -0.3 is 4.74 Å². The summed E-state index contributed by atoms with van der Waals surface area (Å²) in [4.78, 5) is 29.5. The zero-order valence-corrected chi connectivity index (χ0v) is 14.3. The molecule has 0 aromatic heterocycles. The van der Waals surface area contributed by atoms with Crippen molar-refractivity contribution in [1.29, 1.82) is 0 Å². The minimum absolute atomic E-state index is 0.167. The van der Waals surface area contributed by atoms with Crippen LogP contribution in [0.2, 0.25) is 0 Å². The maximum atomic E-state index is 12.5. The van der Waals surface area contributed by atoms with Crippen LogP contribution >= 0.6 is 0 Å². The van der Waals surface area contributed by atoms with Crippen LogP contribution in [0.5, 0.6) is 0 Å². The number of esters is 1. The second-order valence-electron chi connectivity index (χ2n) is 5.63. The first kappa shape index (κ1) is 18.2. The lowest BCUT2D eigenvalue weighted by atomic mass is 9.97. The van der Waals surface area contributed by atoms with Gasteiger partial charge in [0.1, 0.15) is 6.04 Å². The molecule has 2 rings (SSSR count). The van der Waals surface area contributed by atoms with Gasteiger partial charge in [0, 0.05) is 13.1 Å². The highest BCUT2D eigenvalue weighted by molar-refractivity contribution is 5.83. The molecule has 3 atom stereocenters. The minimum atomic E-state index is -0.491. The lowest BCUT2D eigenvalue weighted by Crippen LogP contribution is -2.39. The minimum Gasteiger partial charge on any atom is -0.465 e. The lowest BCUT2D eigenvalue weighted by Gasteiger charge is -2.21. The van der Waals surface area contributed by atoms with Crippen LogP contribution in [0.4, 0.5) is 0 Å². The summed E-state index contributed by atoms with van der Waals surface area (Å²) in [6.45, 7) is 2.08. The Bertz CT molecular complexity index is 588. The van der Waals surface area contributed by atoms with Crippen LogP contribution in [0.15, 0.2) is 36.4 Å². The maximum absolute atomic E-state index is 12.5. The summed E-state index contributed by atoms with van der Waals surface area (Å²) in [5, 5.41) is 4.39. The van der Waals surface area contributed by atoms with E-state index in [1.165, 1.54) is 12.2 Å². The molecule has 0 spiro atoms. The van der Waals surface area contributed by atoms with Gasteiger partial charge >= 0.3 is 5.97 Å². The van der Waals surface area contributed by atoms with Crippen molar-refractivity contribution in [2.45, 2.75) is 25.4 Å². The van der Waals surface area contributed by atoms with Gasteiger partial charge in [0.2, 0.25) is 0 Å². The average Bonchev–Trinajstić information content (AvgIpc) is 3.04. The van der Waals surface area contributed by atoms with Gasteiger partial charge in [-0.25, -0.2) is 5.06 Å². The Hall–Kier alpha value is -2.18. The Labute approximate surface area is 142 Å². The highest BCUT2D eigenvalue weighted by Crippen LogP contribution is 2.25. The average molecular weight is 332 g/mol. The summed E-state index contributed by atoms with van der Waals surface area (Å²) in [6, 6.07) is 9.05. The molecule has 1 saturated heterocycles. The maximum Gasteiger partial charge on any atom is 0.323 e. The molecule has 0 saturated carbocycles. The number of hydrogen-bond acceptors (Lipinski definition) is 5. The molecular formula is C18H24N2O4. The Morgan fingerprint density at radius 3 is 2.67 bits per heavy atom. The first-order valence-corrected chi connectivity index (χ1v) is 8.04. The molecule has 130 valence electrons. The second-order valence-corrected chi connectivity index (χ2v) is 5.63. The largest absolute Gasteiger partial charge is 0.465 e. The molecule has 1 amide bonds. The van der Waals surface area contributed by atoms with Gasteiger partial charge in [-0.2, -0.15) is 0 Å². The van der Waals surface area contributed by atoms with Gasteiger partial charge in [0.05, 0.1) is 19.6 Å². The third-order valence-electron chi connectivity index (χ3n) is 4.08. The molecule has 6 nitrogen and oxygen atoms in total. The summed E-state index contributed by atoms with van der Waals surface area (Å²) < 4.78 is 5.07. The van der Waals surface area contributed by atoms with Crippen molar-refractivity contribution in [2.24, 2.45) is 5.92 Å². The molecule has 0 bridgehead atoms. The lowest BCUT2D eigenvalue weighted by molar-refractivity contribution is -0.173. The normalized spacial score (nSPS) is 23.4. The number of hydroxylamine groups is 2. The van der Waals surface area contributed by atoms with Crippen molar-refractivity contribution in [3.05, 3.63) is 42.0 Å². The first-order chi connectivity index (χ1) is 11.6. The first-order valence-electron chi connectivity index (χ1n) is 8.04. The number of hydrogen-bond donors (Lipinski definition) is 1. The zero-order chi connectivity index (χ0) is 17.5. The number of nitrogens with zero attached hydrogens (tertiary/aromatic N) is 1. The fraction of sp³-hybridized carbons (Fsp3) is 0.444. The van der Waals surface area contributed by atoms with Crippen LogP contribution in [0.3, 0.4) is 0 Å². The van der Waals surface area contributed by atoms with Crippen molar-refractivity contribution in [3.8, 4) is 0 Å². The predicted molar refractivity (Wildman–Crippen MR) is 90.7 cm³/mol. The fourth-order valence-electron chi connectivity index (χ4n) is 2.77. The van der Waals surface area contributed by atoms with E-state index >= 15 is 0 Å². The molecule has 1 aliphatic heterocycles. The van der Waals surface area contributed by atoms with Gasteiger partial charge in [-0.3, -0.25) is 19.7 Å². The third-order valence-corrected chi connectivity index (χ3v) is 4.08. The molecule has 1 N–H and O–H groups in total. The summed E-state index contributed by atoms with van der Waals surface area (Å²) in [7, 11) is 3.01.